The van der Waals surface area contributed by atoms with Gasteiger partial charge in [0.2, 0.25) is 0 Å². The van der Waals surface area contributed by atoms with Crippen molar-refractivity contribution in [2.75, 3.05) is 26.3 Å². The normalized spacial score (nSPS) is 14.5. The summed E-state index contributed by atoms with van der Waals surface area (Å²) in [5, 5.41) is 25.3. The minimum Gasteiger partial charge on any atom is -0.395 e. The van der Waals surface area contributed by atoms with E-state index in [1.165, 1.54) is 5.01 Å². The molecule has 0 radical (unpaired) electrons. The van der Waals surface area contributed by atoms with Crippen LogP contribution in [0.1, 0.15) is 26.7 Å². The Morgan fingerprint density at radius 2 is 1.94 bits per heavy atom. The highest BCUT2D eigenvalue weighted by atomic mass is 16.3. The van der Waals surface area contributed by atoms with E-state index in [4.69, 9.17) is 10.2 Å². The van der Waals surface area contributed by atoms with Gasteiger partial charge in [0.1, 0.15) is 0 Å². The number of aliphatic hydroxyl groups excluding tert-OH is 2. The minimum atomic E-state index is -0.214. The van der Waals surface area contributed by atoms with Crippen LogP contribution >= 0.6 is 0 Å². The molecule has 2 atom stereocenters. The lowest BCUT2D eigenvalue weighted by atomic mass is 10.2. The molecule has 0 rings (SSSR count). The number of hydrogen-bond acceptors (Lipinski definition) is 5. The van der Waals surface area contributed by atoms with Gasteiger partial charge in [-0.3, -0.25) is 5.01 Å². The summed E-state index contributed by atoms with van der Waals surface area (Å²) in [6.07, 6.45) is 1.52. The van der Waals surface area contributed by atoms with Crippen LogP contribution in [0.2, 0.25) is 0 Å². The Bertz CT molecular complexity index is 173. The molecule has 0 aliphatic rings. The van der Waals surface area contributed by atoms with E-state index in [-0.39, 0.29) is 25.3 Å². The van der Waals surface area contributed by atoms with Crippen molar-refractivity contribution in [3.05, 3.63) is 4.91 Å². The van der Waals surface area contributed by atoms with Crippen molar-refractivity contribution in [2.24, 2.45) is 5.29 Å². The molecule has 0 saturated carbocycles. The number of nitrogens with zero attached hydrogens (tertiary/aromatic N) is 2. The average molecular weight is 233 g/mol. The molecule has 0 spiro atoms. The van der Waals surface area contributed by atoms with Gasteiger partial charge in [-0.2, -0.15) is 0 Å². The second-order valence-electron chi connectivity index (χ2n) is 3.73. The van der Waals surface area contributed by atoms with Gasteiger partial charge < -0.3 is 15.5 Å². The highest BCUT2D eigenvalue weighted by Gasteiger charge is 2.15. The van der Waals surface area contributed by atoms with E-state index < -0.39 is 0 Å². The molecule has 96 valence electrons. The monoisotopic (exact) mass is 233 g/mol. The standard InChI is InChI=1S/C10H23N3O3/c1-3-9(7-14)11-5-6-13(12-16)10(4-2)8-15/h9-11,14-15H,3-8H2,1-2H3/t9-,10-/m1/s1. The molecular formula is C10H23N3O3. The third kappa shape index (κ3) is 5.39. The molecule has 16 heavy (non-hydrogen) atoms. The maximum atomic E-state index is 10.6. The van der Waals surface area contributed by atoms with Gasteiger partial charge in [-0.25, -0.2) is 0 Å². The van der Waals surface area contributed by atoms with E-state index >= 15 is 0 Å². The zero-order chi connectivity index (χ0) is 12.4. The van der Waals surface area contributed by atoms with Crippen molar-refractivity contribution in [1.82, 2.24) is 10.3 Å². The number of aliphatic hydroxyl groups is 2. The predicted molar refractivity (Wildman–Crippen MR) is 62.8 cm³/mol. The van der Waals surface area contributed by atoms with Crippen molar-refractivity contribution >= 4 is 0 Å². The Morgan fingerprint density at radius 1 is 1.25 bits per heavy atom. The van der Waals surface area contributed by atoms with Gasteiger partial charge in [0.05, 0.1) is 31.1 Å². The Kier molecular flexibility index (Phi) is 9.07. The van der Waals surface area contributed by atoms with Crippen LogP contribution in [0.5, 0.6) is 0 Å². The molecule has 0 aliphatic heterocycles. The van der Waals surface area contributed by atoms with Crippen LogP contribution in [0.15, 0.2) is 5.29 Å². The number of nitroso groups, excluding NO2 is 1. The van der Waals surface area contributed by atoms with E-state index in [1.807, 2.05) is 13.8 Å². The maximum Gasteiger partial charge on any atom is 0.0731 e. The zero-order valence-corrected chi connectivity index (χ0v) is 10.1. The summed E-state index contributed by atoms with van der Waals surface area (Å²) in [5.41, 5.74) is 0. The van der Waals surface area contributed by atoms with E-state index in [0.29, 0.717) is 19.5 Å². The lowest BCUT2D eigenvalue weighted by Crippen LogP contribution is -2.41. The molecule has 0 aromatic carbocycles. The van der Waals surface area contributed by atoms with E-state index in [0.717, 1.165) is 6.42 Å². The van der Waals surface area contributed by atoms with Crippen LogP contribution in [0, 0.1) is 4.91 Å². The fourth-order valence-electron chi connectivity index (χ4n) is 1.45. The summed E-state index contributed by atoms with van der Waals surface area (Å²) in [5.74, 6) is 0. The topological polar surface area (TPSA) is 85.2 Å². The van der Waals surface area contributed by atoms with E-state index in [2.05, 4.69) is 10.6 Å². The number of rotatable bonds is 10. The first kappa shape index (κ1) is 15.3. The van der Waals surface area contributed by atoms with Crippen LogP contribution in [-0.4, -0.2) is 53.6 Å². The van der Waals surface area contributed by atoms with Crippen molar-refractivity contribution in [3.8, 4) is 0 Å². The smallest absolute Gasteiger partial charge is 0.0731 e. The summed E-state index contributed by atoms with van der Waals surface area (Å²) in [7, 11) is 0. The first-order valence-corrected chi connectivity index (χ1v) is 5.78. The molecule has 0 unspecified atom stereocenters. The van der Waals surface area contributed by atoms with Crippen LogP contribution < -0.4 is 5.32 Å². The molecule has 6 heteroatoms. The Balaban J connectivity index is 3.90. The maximum absolute atomic E-state index is 10.6. The van der Waals surface area contributed by atoms with Crippen LogP contribution in [0.25, 0.3) is 0 Å². The van der Waals surface area contributed by atoms with Crippen LogP contribution in [-0.2, 0) is 0 Å². The molecule has 0 aromatic rings. The summed E-state index contributed by atoms with van der Waals surface area (Å²) < 4.78 is 0. The summed E-state index contributed by atoms with van der Waals surface area (Å²) in [4.78, 5) is 10.6. The lowest BCUT2D eigenvalue weighted by molar-refractivity contribution is 0.119. The van der Waals surface area contributed by atoms with Crippen molar-refractivity contribution < 1.29 is 10.2 Å². The van der Waals surface area contributed by atoms with E-state index in [9.17, 15) is 4.91 Å². The minimum absolute atomic E-state index is 0.0581. The largest absolute Gasteiger partial charge is 0.395 e. The van der Waals surface area contributed by atoms with Crippen molar-refractivity contribution in [3.63, 3.8) is 0 Å². The third-order valence-corrected chi connectivity index (χ3v) is 2.70. The Morgan fingerprint density at radius 3 is 2.31 bits per heavy atom. The van der Waals surface area contributed by atoms with Crippen LogP contribution in [0.3, 0.4) is 0 Å². The molecule has 3 N–H and O–H groups in total. The highest BCUT2D eigenvalue weighted by molar-refractivity contribution is 4.69. The van der Waals surface area contributed by atoms with Gasteiger partial charge >= 0.3 is 0 Å². The molecular weight excluding hydrogens is 210 g/mol. The summed E-state index contributed by atoms with van der Waals surface area (Å²) in [6, 6.07) is -0.156. The predicted octanol–water partition coefficient (Wildman–Crippen LogP) is 0.101. The lowest BCUT2D eigenvalue weighted by Gasteiger charge is -2.24. The molecule has 0 amide bonds. The zero-order valence-electron chi connectivity index (χ0n) is 10.1. The highest BCUT2D eigenvalue weighted by Crippen LogP contribution is 2.03. The van der Waals surface area contributed by atoms with Crippen molar-refractivity contribution in [1.29, 1.82) is 0 Å². The quantitative estimate of drug-likeness (QED) is 0.368. The van der Waals surface area contributed by atoms with Gasteiger partial charge in [0.25, 0.3) is 0 Å². The Labute approximate surface area is 96.6 Å². The molecule has 6 nitrogen and oxygen atoms in total. The fraction of sp³-hybridized carbons (Fsp3) is 1.00. The molecule has 0 aliphatic carbocycles. The molecule has 0 heterocycles. The molecule has 0 saturated heterocycles. The molecule has 0 aromatic heterocycles. The molecule has 0 bridgehead atoms. The van der Waals surface area contributed by atoms with Gasteiger partial charge in [-0.1, -0.05) is 13.8 Å². The van der Waals surface area contributed by atoms with Gasteiger partial charge in [-0.15, -0.1) is 4.91 Å². The first-order valence-electron chi connectivity index (χ1n) is 5.78. The second kappa shape index (κ2) is 9.50. The second-order valence-corrected chi connectivity index (χ2v) is 3.73. The summed E-state index contributed by atoms with van der Waals surface area (Å²) in [6.45, 7) is 4.91. The Hall–Kier alpha value is -0.720. The third-order valence-electron chi connectivity index (χ3n) is 2.70. The van der Waals surface area contributed by atoms with Gasteiger partial charge in [0, 0.05) is 12.6 Å². The fourth-order valence-corrected chi connectivity index (χ4v) is 1.45. The van der Waals surface area contributed by atoms with Gasteiger partial charge in [0.15, 0.2) is 0 Å². The van der Waals surface area contributed by atoms with E-state index in [1.54, 1.807) is 0 Å². The summed E-state index contributed by atoms with van der Waals surface area (Å²) >= 11 is 0. The number of hydrogen-bond donors (Lipinski definition) is 3. The van der Waals surface area contributed by atoms with Crippen molar-refractivity contribution in [2.45, 2.75) is 38.8 Å². The van der Waals surface area contributed by atoms with Gasteiger partial charge in [-0.05, 0) is 12.8 Å². The molecule has 0 fully saturated rings. The number of nitrogens with one attached hydrogen (secondary N) is 1. The SMILES string of the molecule is CC[C@H](CO)NCCN(N=O)[C@H](CC)CO. The van der Waals surface area contributed by atoms with Crippen LogP contribution in [0.4, 0.5) is 0 Å². The average Bonchev–Trinajstić information content (AvgIpc) is 2.33. The first-order chi connectivity index (χ1) is 7.73.